The molecule has 2 heterocycles. The van der Waals surface area contributed by atoms with Crippen LogP contribution < -0.4 is 5.32 Å². The van der Waals surface area contributed by atoms with Crippen molar-refractivity contribution in [2.45, 2.75) is 13.0 Å². The van der Waals surface area contributed by atoms with Crippen LogP contribution in [0.3, 0.4) is 0 Å². The Bertz CT molecular complexity index is 738. The van der Waals surface area contributed by atoms with Crippen molar-refractivity contribution in [3.05, 3.63) is 78.4 Å². The van der Waals surface area contributed by atoms with E-state index in [1.165, 1.54) is 0 Å². The van der Waals surface area contributed by atoms with Gasteiger partial charge in [0, 0.05) is 25.1 Å². The number of benzene rings is 1. The topological polar surface area (TPSA) is 59.8 Å². The van der Waals surface area contributed by atoms with E-state index in [1.807, 2.05) is 48.7 Å². The number of pyridine rings is 1. The molecule has 0 unspecified atom stereocenters. The van der Waals surface area contributed by atoms with E-state index in [4.69, 9.17) is 0 Å². The molecule has 0 aliphatic rings. The number of amides is 1. The average molecular weight is 292 g/mol. The molecule has 1 aromatic carbocycles. The summed E-state index contributed by atoms with van der Waals surface area (Å²) in [5.41, 5.74) is 2.84. The van der Waals surface area contributed by atoms with Gasteiger partial charge >= 0.3 is 0 Å². The second kappa shape index (κ2) is 6.67. The smallest absolute Gasteiger partial charge is 0.224 e. The van der Waals surface area contributed by atoms with Crippen LogP contribution in [0.5, 0.6) is 0 Å². The van der Waals surface area contributed by atoms with E-state index in [1.54, 1.807) is 23.3 Å². The maximum Gasteiger partial charge on any atom is 0.224 e. The number of nitrogens with zero attached hydrogens (tertiary/aromatic N) is 3. The van der Waals surface area contributed by atoms with Crippen LogP contribution in [0.1, 0.15) is 11.1 Å². The summed E-state index contributed by atoms with van der Waals surface area (Å²) in [7, 11) is 0. The van der Waals surface area contributed by atoms with Crippen molar-refractivity contribution in [3.63, 3.8) is 0 Å². The van der Waals surface area contributed by atoms with Gasteiger partial charge in [-0.05, 0) is 29.3 Å². The molecule has 5 nitrogen and oxygen atoms in total. The molecule has 0 atom stereocenters. The molecule has 0 fully saturated rings. The van der Waals surface area contributed by atoms with Crippen LogP contribution in [-0.2, 0) is 17.8 Å². The van der Waals surface area contributed by atoms with Crippen molar-refractivity contribution >= 4 is 5.91 Å². The van der Waals surface area contributed by atoms with Gasteiger partial charge in [-0.25, -0.2) is 4.68 Å². The third kappa shape index (κ3) is 3.58. The lowest BCUT2D eigenvalue weighted by Crippen LogP contribution is -2.24. The largest absolute Gasteiger partial charge is 0.352 e. The molecule has 22 heavy (non-hydrogen) atoms. The van der Waals surface area contributed by atoms with E-state index in [2.05, 4.69) is 15.4 Å². The van der Waals surface area contributed by atoms with E-state index in [0.29, 0.717) is 13.0 Å². The molecule has 2 aromatic heterocycles. The summed E-state index contributed by atoms with van der Waals surface area (Å²) in [5.74, 6) is -0.0311. The minimum atomic E-state index is -0.0311. The highest BCUT2D eigenvalue weighted by molar-refractivity contribution is 5.78. The van der Waals surface area contributed by atoms with Gasteiger partial charge in [-0.3, -0.25) is 9.78 Å². The van der Waals surface area contributed by atoms with Crippen LogP contribution in [-0.4, -0.2) is 20.7 Å². The molecule has 0 saturated carbocycles. The Balaban J connectivity index is 1.57. The average Bonchev–Trinajstić information content (AvgIpc) is 3.03. The van der Waals surface area contributed by atoms with E-state index >= 15 is 0 Å². The molecular formula is C17H16N4O. The minimum Gasteiger partial charge on any atom is -0.352 e. The zero-order chi connectivity index (χ0) is 15.2. The summed E-state index contributed by atoms with van der Waals surface area (Å²) in [6.07, 6.45) is 7.36. The fourth-order valence-corrected chi connectivity index (χ4v) is 2.12. The number of hydrogen-bond acceptors (Lipinski definition) is 3. The molecule has 110 valence electrons. The van der Waals surface area contributed by atoms with E-state index in [-0.39, 0.29) is 5.91 Å². The molecule has 0 spiro atoms. The second-order valence-corrected chi connectivity index (χ2v) is 4.94. The Morgan fingerprint density at radius 3 is 2.68 bits per heavy atom. The SMILES string of the molecule is O=C(Cc1cnn(-c2ccccc2)c1)NCc1cccnc1. The zero-order valence-corrected chi connectivity index (χ0v) is 12.0. The number of para-hydroxylation sites is 1. The summed E-state index contributed by atoms with van der Waals surface area (Å²) < 4.78 is 1.77. The summed E-state index contributed by atoms with van der Waals surface area (Å²) in [6.45, 7) is 0.486. The molecule has 0 aliphatic heterocycles. The summed E-state index contributed by atoms with van der Waals surface area (Å²) in [5, 5.41) is 7.16. The van der Waals surface area contributed by atoms with Gasteiger partial charge in [-0.1, -0.05) is 24.3 Å². The van der Waals surface area contributed by atoms with Crippen molar-refractivity contribution in [2.24, 2.45) is 0 Å². The first kappa shape index (κ1) is 14.0. The van der Waals surface area contributed by atoms with Crippen LogP contribution in [0.4, 0.5) is 0 Å². The van der Waals surface area contributed by atoms with Crippen molar-refractivity contribution in [2.75, 3.05) is 0 Å². The lowest BCUT2D eigenvalue weighted by Gasteiger charge is -2.03. The summed E-state index contributed by atoms with van der Waals surface area (Å²) in [4.78, 5) is 16.0. The number of aromatic nitrogens is 3. The first-order valence-corrected chi connectivity index (χ1v) is 7.06. The highest BCUT2D eigenvalue weighted by Crippen LogP contribution is 2.08. The molecular weight excluding hydrogens is 276 g/mol. The van der Waals surface area contributed by atoms with Crippen LogP contribution in [0.15, 0.2) is 67.3 Å². The quantitative estimate of drug-likeness (QED) is 0.783. The van der Waals surface area contributed by atoms with Crippen molar-refractivity contribution in [1.82, 2.24) is 20.1 Å². The molecule has 3 aromatic rings. The lowest BCUT2D eigenvalue weighted by molar-refractivity contribution is -0.120. The second-order valence-electron chi connectivity index (χ2n) is 4.94. The van der Waals surface area contributed by atoms with Gasteiger partial charge in [0.25, 0.3) is 0 Å². The van der Waals surface area contributed by atoms with Crippen molar-refractivity contribution < 1.29 is 4.79 Å². The molecule has 5 heteroatoms. The molecule has 0 bridgehead atoms. The summed E-state index contributed by atoms with van der Waals surface area (Å²) >= 11 is 0. The number of rotatable bonds is 5. The van der Waals surface area contributed by atoms with E-state index in [0.717, 1.165) is 16.8 Å². The molecule has 0 aliphatic carbocycles. The Kier molecular flexibility index (Phi) is 4.25. The third-order valence-corrected chi connectivity index (χ3v) is 3.23. The standard InChI is InChI=1S/C17H16N4O/c22-17(19-11-14-5-4-8-18-10-14)9-15-12-20-21(13-15)16-6-2-1-3-7-16/h1-8,10,12-13H,9,11H2,(H,19,22). The van der Waals surface area contributed by atoms with Gasteiger partial charge in [0.1, 0.15) is 0 Å². The van der Waals surface area contributed by atoms with Gasteiger partial charge in [-0.15, -0.1) is 0 Å². The Hall–Kier alpha value is -2.95. The van der Waals surface area contributed by atoms with Crippen LogP contribution in [0.25, 0.3) is 5.69 Å². The van der Waals surface area contributed by atoms with Crippen LogP contribution in [0.2, 0.25) is 0 Å². The van der Waals surface area contributed by atoms with Crippen LogP contribution in [0, 0.1) is 0 Å². The maximum atomic E-state index is 12.0. The van der Waals surface area contributed by atoms with Gasteiger partial charge < -0.3 is 5.32 Å². The Morgan fingerprint density at radius 2 is 1.91 bits per heavy atom. The van der Waals surface area contributed by atoms with Gasteiger partial charge in [-0.2, -0.15) is 5.10 Å². The molecule has 0 saturated heterocycles. The van der Waals surface area contributed by atoms with E-state index in [9.17, 15) is 4.79 Å². The fourth-order valence-electron chi connectivity index (χ4n) is 2.12. The van der Waals surface area contributed by atoms with Crippen LogP contribution >= 0.6 is 0 Å². The predicted octanol–water partition coefficient (Wildman–Crippen LogP) is 2.13. The van der Waals surface area contributed by atoms with Crippen molar-refractivity contribution in [1.29, 1.82) is 0 Å². The van der Waals surface area contributed by atoms with Crippen molar-refractivity contribution in [3.8, 4) is 5.69 Å². The highest BCUT2D eigenvalue weighted by atomic mass is 16.1. The predicted molar refractivity (Wildman–Crippen MR) is 83.4 cm³/mol. The molecule has 1 N–H and O–H groups in total. The van der Waals surface area contributed by atoms with Gasteiger partial charge in [0.2, 0.25) is 5.91 Å². The molecule has 3 rings (SSSR count). The lowest BCUT2D eigenvalue weighted by atomic mass is 10.2. The van der Waals surface area contributed by atoms with Gasteiger partial charge in [0.15, 0.2) is 0 Å². The molecule has 1 amide bonds. The number of carbonyl (C=O) groups is 1. The Labute approximate surface area is 128 Å². The normalized spacial score (nSPS) is 10.4. The van der Waals surface area contributed by atoms with Gasteiger partial charge in [0.05, 0.1) is 18.3 Å². The monoisotopic (exact) mass is 292 g/mol. The van der Waals surface area contributed by atoms with E-state index < -0.39 is 0 Å². The third-order valence-electron chi connectivity index (χ3n) is 3.23. The molecule has 0 radical (unpaired) electrons. The first-order chi connectivity index (χ1) is 10.8. The number of carbonyl (C=O) groups excluding carboxylic acids is 1. The number of nitrogens with one attached hydrogen (secondary N) is 1. The summed E-state index contributed by atoms with van der Waals surface area (Å²) in [6, 6.07) is 13.6. The zero-order valence-electron chi connectivity index (χ0n) is 12.0. The maximum absolute atomic E-state index is 12.0. The fraction of sp³-hybridized carbons (Fsp3) is 0.118. The minimum absolute atomic E-state index is 0.0311. The highest BCUT2D eigenvalue weighted by Gasteiger charge is 2.06. The Morgan fingerprint density at radius 1 is 1.05 bits per heavy atom. The number of hydrogen-bond donors (Lipinski definition) is 1. The first-order valence-electron chi connectivity index (χ1n) is 7.06.